The Morgan fingerprint density at radius 1 is 1.39 bits per heavy atom. The molecule has 0 saturated carbocycles. The highest BCUT2D eigenvalue weighted by atomic mass is 19.1. The fourth-order valence-electron chi connectivity index (χ4n) is 2.27. The SMILES string of the molecule is CCNC1COCC1C(=O)Cc1ccc(F)cc1. The van der Waals surface area contributed by atoms with Crippen LogP contribution in [-0.2, 0) is 16.0 Å². The second-order valence-corrected chi connectivity index (χ2v) is 4.58. The number of hydrogen-bond acceptors (Lipinski definition) is 3. The second kappa shape index (κ2) is 6.07. The van der Waals surface area contributed by atoms with E-state index in [4.69, 9.17) is 4.74 Å². The van der Waals surface area contributed by atoms with Gasteiger partial charge < -0.3 is 10.1 Å². The molecule has 1 aromatic carbocycles. The molecule has 3 nitrogen and oxygen atoms in total. The molecule has 1 N–H and O–H groups in total. The number of benzene rings is 1. The predicted octanol–water partition coefficient (Wildman–Crippen LogP) is 1.56. The quantitative estimate of drug-likeness (QED) is 0.863. The Hall–Kier alpha value is -1.26. The Morgan fingerprint density at radius 2 is 2.11 bits per heavy atom. The molecule has 2 rings (SSSR count). The Kier molecular flexibility index (Phi) is 4.44. The van der Waals surface area contributed by atoms with Crippen molar-refractivity contribution in [2.24, 2.45) is 5.92 Å². The van der Waals surface area contributed by atoms with E-state index in [1.807, 2.05) is 6.92 Å². The van der Waals surface area contributed by atoms with Crippen LogP contribution >= 0.6 is 0 Å². The fraction of sp³-hybridized carbons (Fsp3) is 0.500. The summed E-state index contributed by atoms with van der Waals surface area (Å²) in [5.74, 6) is -0.207. The van der Waals surface area contributed by atoms with Gasteiger partial charge in [0, 0.05) is 12.5 Å². The van der Waals surface area contributed by atoms with Crippen molar-refractivity contribution < 1.29 is 13.9 Å². The third-order valence-corrected chi connectivity index (χ3v) is 3.25. The molecule has 1 heterocycles. The van der Waals surface area contributed by atoms with Crippen molar-refractivity contribution in [1.82, 2.24) is 5.32 Å². The minimum atomic E-state index is -0.277. The number of carbonyl (C=O) groups is 1. The first-order valence-electron chi connectivity index (χ1n) is 6.29. The van der Waals surface area contributed by atoms with Gasteiger partial charge in [-0.1, -0.05) is 19.1 Å². The molecule has 1 saturated heterocycles. The first-order valence-corrected chi connectivity index (χ1v) is 6.29. The summed E-state index contributed by atoms with van der Waals surface area (Å²) in [5.41, 5.74) is 0.851. The van der Waals surface area contributed by atoms with Crippen molar-refractivity contribution in [3.05, 3.63) is 35.6 Å². The number of nitrogens with one attached hydrogen (secondary N) is 1. The largest absolute Gasteiger partial charge is 0.379 e. The number of rotatable bonds is 5. The first kappa shape index (κ1) is 13.2. The molecule has 1 aromatic rings. The summed E-state index contributed by atoms with van der Waals surface area (Å²) in [7, 11) is 0. The van der Waals surface area contributed by atoms with Crippen molar-refractivity contribution in [2.45, 2.75) is 19.4 Å². The lowest BCUT2D eigenvalue weighted by Gasteiger charge is -2.17. The Bertz CT molecular complexity index is 405. The summed E-state index contributed by atoms with van der Waals surface area (Å²) in [5, 5.41) is 3.26. The van der Waals surface area contributed by atoms with E-state index in [-0.39, 0.29) is 23.6 Å². The minimum absolute atomic E-state index is 0.0880. The van der Waals surface area contributed by atoms with Gasteiger partial charge >= 0.3 is 0 Å². The van der Waals surface area contributed by atoms with Crippen LogP contribution in [0.1, 0.15) is 12.5 Å². The summed E-state index contributed by atoms with van der Waals surface area (Å²) in [6.07, 6.45) is 0.343. The maximum Gasteiger partial charge on any atom is 0.144 e. The van der Waals surface area contributed by atoms with Crippen molar-refractivity contribution in [2.75, 3.05) is 19.8 Å². The lowest BCUT2D eigenvalue weighted by molar-refractivity contribution is -0.122. The molecular weight excluding hydrogens is 233 g/mol. The molecule has 0 radical (unpaired) electrons. The minimum Gasteiger partial charge on any atom is -0.379 e. The molecule has 18 heavy (non-hydrogen) atoms. The highest BCUT2D eigenvalue weighted by molar-refractivity contribution is 5.84. The van der Waals surface area contributed by atoms with Crippen molar-refractivity contribution in [1.29, 1.82) is 0 Å². The van der Waals surface area contributed by atoms with Gasteiger partial charge in [-0.2, -0.15) is 0 Å². The van der Waals surface area contributed by atoms with Crippen LogP contribution in [0.2, 0.25) is 0 Å². The number of Topliss-reactive ketones (excluding diaryl/α,β-unsaturated/α-hetero) is 1. The number of carbonyl (C=O) groups excluding carboxylic acids is 1. The Balaban J connectivity index is 1.96. The van der Waals surface area contributed by atoms with Gasteiger partial charge in [-0.25, -0.2) is 4.39 Å². The van der Waals surface area contributed by atoms with Gasteiger partial charge in [0.05, 0.1) is 19.1 Å². The van der Waals surface area contributed by atoms with Crippen LogP contribution in [0.15, 0.2) is 24.3 Å². The normalized spacial score (nSPS) is 23.2. The molecule has 0 aromatic heterocycles. The van der Waals surface area contributed by atoms with E-state index in [2.05, 4.69) is 5.32 Å². The Labute approximate surface area is 106 Å². The van der Waals surface area contributed by atoms with E-state index in [0.717, 1.165) is 12.1 Å². The maximum atomic E-state index is 12.8. The highest BCUT2D eigenvalue weighted by Crippen LogP contribution is 2.17. The molecule has 0 spiro atoms. The van der Waals surface area contributed by atoms with Crippen molar-refractivity contribution >= 4 is 5.78 Å². The smallest absolute Gasteiger partial charge is 0.144 e. The molecule has 4 heteroatoms. The molecule has 1 aliphatic heterocycles. The standard InChI is InChI=1S/C14H18FNO2/c1-2-16-13-9-18-8-12(13)14(17)7-10-3-5-11(15)6-4-10/h3-6,12-13,16H,2,7-9H2,1H3. The number of halogens is 1. The van der Waals surface area contributed by atoms with Gasteiger partial charge in [0.1, 0.15) is 11.6 Å². The lowest BCUT2D eigenvalue weighted by atomic mass is 9.94. The molecule has 1 fully saturated rings. The van der Waals surface area contributed by atoms with Crippen LogP contribution in [0, 0.1) is 11.7 Å². The summed E-state index contributed by atoms with van der Waals surface area (Å²) < 4.78 is 18.1. The van der Waals surface area contributed by atoms with Gasteiger partial charge in [0.15, 0.2) is 0 Å². The van der Waals surface area contributed by atoms with Crippen LogP contribution in [-0.4, -0.2) is 31.6 Å². The van der Waals surface area contributed by atoms with Crippen LogP contribution in [0.3, 0.4) is 0 Å². The number of hydrogen-bond donors (Lipinski definition) is 1. The van der Waals surface area contributed by atoms with E-state index in [1.54, 1.807) is 12.1 Å². The fourth-order valence-corrected chi connectivity index (χ4v) is 2.27. The van der Waals surface area contributed by atoms with Crippen molar-refractivity contribution in [3.8, 4) is 0 Å². The van der Waals surface area contributed by atoms with Gasteiger partial charge in [-0.15, -0.1) is 0 Å². The molecule has 1 aliphatic rings. The van der Waals surface area contributed by atoms with E-state index in [1.165, 1.54) is 12.1 Å². The monoisotopic (exact) mass is 251 g/mol. The summed E-state index contributed by atoms with van der Waals surface area (Å²) in [6, 6.07) is 6.20. The zero-order valence-electron chi connectivity index (χ0n) is 10.5. The molecule has 0 aliphatic carbocycles. The average Bonchev–Trinajstić information content (AvgIpc) is 2.81. The summed E-state index contributed by atoms with van der Waals surface area (Å²) in [4.78, 5) is 12.2. The first-order chi connectivity index (χ1) is 8.70. The molecule has 98 valence electrons. The summed E-state index contributed by atoms with van der Waals surface area (Å²) in [6.45, 7) is 3.92. The van der Waals surface area contributed by atoms with Gasteiger partial charge in [0.2, 0.25) is 0 Å². The second-order valence-electron chi connectivity index (χ2n) is 4.58. The van der Waals surface area contributed by atoms with E-state index >= 15 is 0 Å². The average molecular weight is 251 g/mol. The third-order valence-electron chi connectivity index (χ3n) is 3.25. The zero-order valence-corrected chi connectivity index (χ0v) is 10.5. The number of ketones is 1. The Morgan fingerprint density at radius 3 is 2.78 bits per heavy atom. The molecule has 2 unspecified atom stereocenters. The number of ether oxygens (including phenoxy) is 1. The van der Waals surface area contributed by atoms with Gasteiger partial charge in [0.25, 0.3) is 0 Å². The highest BCUT2D eigenvalue weighted by Gasteiger charge is 2.32. The van der Waals surface area contributed by atoms with Crippen molar-refractivity contribution in [3.63, 3.8) is 0 Å². The van der Waals surface area contributed by atoms with Crippen LogP contribution in [0.25, 0.3) is 0 Å². The lowest BCUT2D eigenvalue weighted by Crippen LogP contribution is -2.39. The molecule has 0 bridgehead atoms. The zero-order chi connectivity index (χ0) is 13.0. The molecule has 0 amide bonds. The van der Waals surface area contributed by atoms with E-state index in [0.29, 0.717) is 19.6 Å². The van der Waals surface area contributed by atoms with Crippen LogP contribution < -0.4 is 5.32 Å². The maximum absolute atomic E-state index is 12.8. The molecule has 2 atom stereocenters. The van der Waals surface area contributed by atoms with Crippen LogP contribution in [0.5, 0.6) is 0 Å². The topological polar surface area (TPSA) is 38.3 Å². The summed E-state index contributed by atoms with van der Waals surface area (Å²) >= 11 is 0. The number of likely N-dealkylation sites (N-methyl/N-ethyl adjacent to an activating group) is 1. The van der Waals surface area contributed by atoms with E-state index in [9.17, 15) is 9.18 Å². The third kappa shape index (κ3) is 3.15. The van der Waals surface area contributed by atoms with Crippen LogP contribution in [0.4, 0.5) is 4.39 Å². The van der Waals surface area contributed by atoms with E-state index < -0.39 is 0 Å². The van der Waals surface area contributed by atoms with Gasteiger partial charge in [-0.05, 0) is 24.2 Å². The predicted molar refractivity (Wildman–Crippen MR) is 66.9 cm³/mol. The van der Waals surface area contributed by atoms with Gasteiger partial charge in [-0.3, -0.25) is 4.79 Å². The molecular formula is C14H18FNO2.